The molecule has 3 rings (SSSR count). The van der Waals surface area contributed by atoms with Crippen LogP contribution in [-0.2, 0) is 16.1 Å². The molecule has 1 fully saturated rings. The first-order valence-electron chi connectivity index (χ1n) is 8.89. The number of nitriles is 1. The number of nitrogens with zero attached hydrogens (tertiary/aromatic N) is 3. The molecule has 0 unspecified atom stereocenters. The summed E-state index contributed by atoms with van der Waals surface area (Å²) in [5, 5.41) is 8.83. The summed E-state index contributed by atoms with van der Waals surface area (Å²) >= 11 is 0. The highest BCUT2D eigenvalue weighted by Crippen LogP contribution is 2.22. The topological polar surface area (TPSA) is 64.4 Å². The molecule has 0 spiro atoms. The summed E-state index contributed by atoms with van der Waals surface area (Å²) in [6, 6.07) is 16.9. The third-order valence-corrected chi connectivity index (χ3v) is 4.58. The average molecular weight is 359 g/mol. The van der Waals surface area contributed by atoms with Gasteiger partial charge in [-0.25, -0.2) is 0 Å². The molecule has 0 saturated carbocycles. The predicted octanol–water partition coefficient (Wildman–Crippen LogP) is 3.36. The third kappa shape index (κ3) is 4.62. The summed E-state index contributed by atoms with van der Waals surface area (Å²) in [7, 11) is 1.74. The zero-order chi connectivity index (χ0) is 19.2. The summed E-state index contributed by atoms with van der Waals surface area (Å²) in [5.41, 5.74) is 3.38. The highest BCUT2D eigenvalue weighted by Gasteiger charge is 2.21. The van der Waals surface area contributed by atoms with Crippen molar-refractivity contribution in [3.63, 3.8) is 0 Å². The Morgan fingerprint density at radius 1 is 1.19 bits per heavy atom. The van der Waals surface area contributed by atoms with Crippen LogP contribution in [0.3, 0.4) is 0 Å². The fourth-order valence-electron chi connectivity index (χ4n) is 3.02. The number of carbonyl (C=O) groups excluding carboxylic acids is 2. The molecule has 136 valence electrons. The zero-order valence-corrected chi connectivity index (χ0v) is 15.3. The lowest BCUT2D eigenvalue weighted by atomic mass is 10.1. The first-order chi connectivity index (χ1) is 13.1. The Kier molecular flexibility index (Phi) is 5.68. The van der Waals surface area contributed by atoms with Crippen LogP contribution in [0.4, 0.5) is 5.69 Å². The van der Waals surface area contributed by atoms with E-state index in [2.05, 4.69) is 6.07 Å². The van der Waals surface area contributed by atoms with Crippen LogP contribution in [-0.4, -0.2) is 30.3 Å². The van der Waals surface area contributed by atoms with Crippen molar-refractivity contribution in [2.24, 2.45) is 0 Å². The molecule has 27 heavy (non-hydrogen) atoms. The quantitative estimate of drug-likeness (QED) is 0.769. The summed E-state index contributed by atoms with van der Waals surface area (Å²) in [6.45, 7) is 1.25. The Hall–Kier alpha value is -3.39. The van der Waals surface area contributed by atoms with E-state index < -0.39 is 0 Å². The van der Waals surface area contributed by atoms with Gasteiger partial charge in [-0.2, -0.15) is 5.26 Å². The summed E-state index contributed by atoms with van der Waals surface area (Å²) in [6.07, 6.45) is 4.83. The number of likely N-dealkylation sites (N-methyl/N-ethyl adjacent to an activating group) is 1. The van der Waals surface area contributed by atoms with Gasteiger partial charge in [-0.3, -0.25) is 9.59 Å². The highest BCUT2D eigenvalue weighted by molar-refractivity contribution is 5.95. The van der Waals surface area contributed by atoms with Crippen molar-refractivity contribution in [1.29, 1.82) is 5.26 Å². The van der Waals surface area contributed by atoms with Crippen LogP contribution in [0.2, 0.25) is 0 Å². The second kappa shape index (κ2) is 8.33. The Morgan fingerprint density at radius 3 is 2.48 bits per heavy atom. The Bertz CT molecular complexity index is 893. The summed E-state index contributed by atoms with van der Waals surface area (Å²) in [4.78, 5) is 27.5. The minimum Gasteiger partial charge on any atom is -0.338 e. The fraction of sp³-hybridized carbons (Fsp3) is 0.227. The molecule has 0 radical (unpaired) electrons. The minimum atomic E-state index is -0.0989. The van der Waals surface area contributed by atoms with Crippen molar-refractivity contribution < 1.29 is 9.59 Å². The number of carbonyl (C=O) groups is 2. The van der Waals surface area contributed by atoms with Crippen LogP contribution < -0.4 is 4.90 Å². The largest absolute Gasteiger partial charge is 0.338 e. The van der Waals surface area contributed by atoms with Gasteiger partial charge >= 0.3 is 0 Å². The fourth-order valence-corrected chi connectivity index (χ4v) is 3.02. The Labute approximate surface area is 159 Å². The maximum absolute atomic E-state index is 12.3. The van der Waals surface area contributed by atoms with Gasteiger partial charge in [0.1, 0.15) is 0 Å². The van der Waals surface area contributed by atoms with Gasteiger partial charge in [0.25, 0.3) is 0 Å². The van der Waals surface area contributed by atoms with Crippen molar-refractivity contribution in [2.75, 3.05) is 18.5 Å². The molecular formula is C22H21N3O2. The molecule has 2 amide bonds. The van der Waals surface area contributed by atoms with Gasteiger partial charge in [0.05, 0.1) is 11.6 Å². The SMILES string of the molecule is CN(Cc1ccc(C#N)cc1)C(=O)/C=C/c1ccc(N2CCCC2=O)cc1. The first kappa shape index (κ1) is 18.4. The number of rotatable bonds is 5. The van der Waals surface area contributed by atoms with E-state index in [1.165, 1.54) is 0 Å². The zero-order valence-electron chi connectivity index (χ0n) is 15.3. The smallest absolute Gasteiger partial charge is 0.246 e. The van der Waals surface area contributed by atoms with Crippen molar-refractivity contribution in [2.45, 2.75) is 19.4 Å². The third-order valence-electron chi connectivity index (χ3n) is 4.58. The molecule has 0 aromatic heterocycles. The van der Waals surface area contributed by atoms with Crippen molar-refractivity contribution in [3.8, 4) is 6.07 Å². The molecule has 1 heterocycles. The molecule has 2 aromatic carbocycles. The molecule has 5 nitrogen and oxygen atoms in total. The molecular weight excluding hydrogens is 338 g/mol. The summed E-state index contributed by atoms with van der Waals surface area (Å²) in [5.74, 6) is 0.0658. The molecule has 0 atom stereocenters. The lowest BCUT2D eigenvalue weighted by Crippen LogP contribution is -2.24. The van der Waals surface area contributed by atoms with E-state index in [1.807, 2.05) is 36.4 Å². The van der Waals surface area contributed by atoms with E-state index in [9.17, 15) is 9.59 Å². The Morgan fingerprint density at radius 2 is 1.89 bits per heavy atom. The van der Waals surface area contributed by atoms with Gasteiger partial charge in [-0.1, -0.05) is 24.3 Å². The second-order valence-corrected chi connectivity index (χ2v) is 6.58. The predicted molar refractivity (Wildman–Crippen MR) is 105 cm³/mol. The van der Waals surface area contributed by atoms with E-state index in [0.717, 1.165) is 29.8 Å². The first-order valence-corrected chi connectivity index (χ1v) is 8.89. The van der Waals surface area contributed by atoms with Gasteiger partial charge in [0.2, 0.25) is 11.8 Å². The molecule has 0 bridgehead atoms. The molecule has 5 heteroatoms. The van der Waals surface area contributed by atoms with E-state index in [4.69, 9.17) is 5.26 Å². The van der Waals surface area contributed by atoms with Gasteiger partial charge in [-0.15, -0.1) is 0 Å². The second-order valence-electron chi connectivity index (χ2n) is 6.58. The summed E-state index contributed by atoms with van der Waals surface area (Å²) < 4.78 is 0. The molecule has 2 aromatic rings. The lowest BCUT2D eigenvalue weighted by molar-refractivity contribution is -0.125. The van der Waals surface area contributed by atoms with E-state index in [0.29, 0.717) is 18.5 Å². The van der Waals surface area contributed by atoms with Gasteiger partial charge in [0.15, 0.2) is 0 Å². The van der Waals surface area contributed by atoms with Crippen molar-refractivity contribution in [3.05, 3.63) is 71.3 Å². The molecule has 1 aliphatic heterocycles. The molecule has 1 saturated heterocycles. The molecule has 1 aliphatic rings. The van der Waals surface area contributed by atoms with Crippen LogP contribution in [0, 0.1) is 11.3 Å². The van der Waals surface area contributed by atoms with Crippen LogP contribution in [0.25, 0.3) is 6.08 Å². The maximum Gasteiger partial charge on any atom is 0.246 e. The standard InChI is InChI=1S/C22H21N3O2/c1-24(16-19-6-4-18(15-23)5-7-19)21(26)13-10-17-8-11-20(12-9-17)25-14-2-3-22(25)27/h4-13H,2-3,14,16H2,1H3/b13-10+. The van der Waals surface area contributed by atoms with Gasteiger partial charge in [0, 0.05) is 38.3 Å². The monoisotopic (exact) mass is 359 g/mol. The van der Waals surface area contributed by atoms with E-state index >= 15 is 0 Å². The van der Waals surface area contributed by atoms with Crippen LogP contribution in [0.1, 0.15) is 29.5 Å². The van der Waals surface area contributed by atoms with E-state index in [1.54, 1.807) is 41.1 Å². The normalized spacial score (nSPS) is 13.8. The lowest BCUT2D eigenvalue weighted by Gasteiger charge is -2.16. The molecule has 0 N–H and O–H groups in total. The maximum atomic E-state index is 12.3. The minimum absolute atomic E-state index is 0.0989. The molecule has 0 aliphatic carbocycles. The highest BCUT2D eigenvalue weighted by atomic mass is 16.2. The number of hydrogen-bond donors (Lipinski definition) is 0. The van der Waals surface area contributed by atoms with Crippen LogP contribution in [0.15, 0.2) is 54.6 Å². The van der Waals surface area contributed by atoms with E-state index in [-0.39, 0.29) is 11.8 Å². The van der Waals surface area contributed by atoms with Crippen LogP contribution in [0.5, 0.6) is 0 Å². The average Bonchev–Trinajstić information content (AvgIpc) is 3.13. The van der Waals surface area contributed by atoms with Crippen molar-refractivity contribution >= 4 is 23.6 Å². The number of benzene rings is 2. The number of amides is 2. The van der Waals surface area contributed by atoms with Crippen LogP contribution >= 0.6 is 0 Å². The van der Waals surface area contributed by atoms with Crippen molar-refractivity contribution in [1.82, 2.24) is 4.90 Å². The Balaban J connectivity index is 1.58. The van der Waals surface area contributed by atoms with Gasteiger partial charge in [-0.05, 0) is 47.9 Å². The van der Waals surface area contributed by atoms with Gasteiger partial charge < -0.3 is 9.80 Å². The number of anilines is 1. The number of hydrogen-bond acceptors (Lipinski definition) is 3.